The Morgan fingerprint density at radius 3 is 2.00 bits per heavy atom. The first-order valence-electron chi connectivity index (χ1n) is 10.0. The zero-order valence-corrected chi connectivity index (χ0v) is 15.0. The molecule has 0 aromatic rings. The Hall–Kier alpha value is -0.120. The molecule has 5 rings (SSSR count). The van der Waals surface area contributed by atoms with Crippen molar-refractivity contribution in [3.05, 3.63) is 0 Å². The van der Waals surface area contributed by atoms with Gasteiger partial charge in [-0.15, -0.1) is 0 Å². The van der Waals surface area contributed by atoms with Gasteiger partial charge in [-0.05, 0) is 74.5 Å². The highest BCUT2D eigenvalue weighted by Gasteiger charge is 2.51. The summed E-state index contributed by atoms with van der Waals surface area (Å²) in [6, 6.07) is 0. The van der Waals surface area contributed by atoms with E-state index in [0.717, 1.165) is 49.2 Å². The molecule has 4 saturated carbocycles. The Balaban J connectivity index is 1.27. The first-order valence-corrected chi connectivity index (χ1v) is 10.0. The number of ether oxygens (including phenoxy) is 1. The average molecular weight is 322 g/mol. The van der Waals surface area contributed by atoms with Crippen LogP contribution < -0.4 is 0 Å². The van der Waals surface area contributed by atoms with Crippen molar-refractivity contribution in [3.8, 4) is 0 Å². The van der Waals surface area contributed by atoms with Crippen LogP contribution in [0, 0.1) is 29.6 Å². The van der Waals surface area contributed by atoms with Crippen LogP contribution in [0.2, 0.25) is 0 Å². The molecule has 0 aromatic heterocycles. The minimum absolute atomic E-state index is 0.137. The molecule has 0 radical (unpaired) electrons. The Morgan fingerprint density at radius 2 is 1.48 bits per heavy atom. The van der Waals surface area contributed by atoms with Crippen LogP contribution in [0.3, 0.4) is 0 Å². The van der Waals surface area contributed by atoms with Crippen molar-refractivity contribution in [1.82, 2.24) is 4.90 Å². The van der Waals surface area contributed by atoms with E-state index in [9.17, 15) is 5.11 Å². The Morgan fingerprint density at radius 1 is 0.957 bits per heavy atom. The third-order valence-corrected chi connectivity index (χ3v) is 6.98. The van der Waals surface area contributed by atoms with Crippen molar-refractivity contribution in [3.63, 3.8) is 0 Å². The monoisotopic (exact) mass is 321 g/mol. The highest BCUT2D eigenvalue weighted by atomic mass is 16.5. The molecule has 0 amide bonds. The number of aliphatic hydroxyl groups is 1. The fourth-order valence-electron chi connectivity index (χ4n) is 6.77. The lowest BCUT2D eigenvalue weighted by molar-refractivity contribution is -0.176. The Labute approximate surface area is 141 Å². The molecule has 3 nitrogen and oxygen atoms in total. The van der Waals surface area contributed by atoms with Gasteiger partial charge in [0.2, 0.25) is 0 Å². The normalized spacial score (nSPS) is 47.9. The van der Waals surface area contributed by atoms with Gasteiger partial charge in [0.15, 0.2) is 0 Å². The summed E-state index contributed by atoms with van der Waals surface area (Å²) < 4.78 is 6.42. The number of hydrogen-bond acceptors (Lipinski definition) is 3. The summed E-state index contributed by atoms with van der Waals surface area (Å²) in [6.45, 7) is 8.28. The van der Waals surface area contributed by atoms with E-state index in [-0.39, 0.29) is 11.7 Å². The smallest absolute Gasteiger partial charge is 0.0900 e. The molecule has 4 bridgehead atoms. The van der Waals surface area contributed by atoms with Crippen molar-refractivity contribution in [2.75, 3.05) is 26.2 Å². The molecule has 23 heavy (non-hydrogen) atoms. The summed E-state index contributed by atoms with van der Waals surface area (Å²) in [4.78, 5) is 2.45. The van der Waals surface area contributed by atoms with Crippen LogP contribution in [-0.4, -0.2) is 48.0 Å². The second-order valence-electron chi connectivity index (χ2n) is 9.73. The molecule has 5 fully saturated rings. The maximum Gasteiger partial charge on any atom is 0.0900 e. The highest BCUT2D eigenvalue weighted by Crippen LogP contribution is 2.57. The molecular formula is C20H35NO2. The molecule has 1 N–H and O–H groups in total. The molecule has 0 spiro atoms. The van der Waals surface area contributed by atoms with E-state index in [1.807, 2.05) is 0 Å². The van der Waals surface area contributed by atoms with E-state index in [2.05, 4.69) is 18.7 Å². The van der Waals surface area contributed by atoms with Gasteiger partial charge >= 0.3 is 0 Å². The van der Waals surface area contributed by atoms with Crippen LogP contribution in [0.5, 0.6) is 0 Å². The number of likely N-dealkylation sites (tertiary alicyclic amines) is 1. The van der Waals surface area contributed by atoms with Crippen molar-refractivity contribution < 1.29 is 9.84 Å². The summed E-state index contributed by atoms with van der Waals surface area (Å²) in [5.41, 5.74) is 0.137. The molecule has 3 atom stereocenters. The first kappa shape index (κ1) is 16.4. The van der Waals surface area contributed by atoms with Gasteiger partial charge in [0.1, 0.15) is 0 Å². The zero-order valence-electron chi connectivity index (χ0n) is 15.0. The van der Waals surface area contributed by atoms with E-state index < -0.39 is 0 Å². The van der Waals surface area contributed by atoms with Crippen molar-refractivity contribution in [2.24, 2.45) is 29.6 Å². The van der Waals surface area contributed by atoms with Crippen LogP contribution in [0.1, 0.15) is 58.8 Å². The molecule has 1 saturated heterocycles. The minimum Gasteiger partial charge on any atom is -0.389 e. The summed E-state index contributed by atoms with van der Waals surface area (Å²) in [6.07, 6.45) is 9.17. The predicted octanol–water partition coefficient (Wildman–Crippen LogP) is 3.31. The standard InChI is InChI=1S/C20H35NO2/c1-14-3-15(2)11-21(10-14)12-19(22)13-23-20-7-16-4-17(8-20)6-18(5-16)9-20/h14-19,22H,3-13H2,1-2H3/t14-,15-,16?,17?,18?,19-,20?/m1/s1. The summed E-state index contributed by atoms with van der Waals surface area (Å²) >= 11 is 0. The number of nitrogens with zero attached hydrogens (tertiary/aromatic N) is 1. The number of rotatable bonds is 5. The van der Waals surface area contributed by atoms with Crippen molar-refractivity contribution >= 4 is 0 Å². The van der Waals surface area contributed by atoms with Crippen LogP contribution in [0.15, 0.2) is 0 Å². The average Bonchev–Trinajstić information content (AvgIpc) is 2.42. The Bertz CT molecular complexity index is 379. The van der Waals surface area contributed by atoms with E-state index in [4.69, 9.17) is 4.74 Å². The SMILES string of the molecule is C[C@@H]1C[C@@H](C)CN(C[C@@H](O)COC23CC4CC(CC(C4)C2)C3)C1. The number of hydrogen-bond donors (Lipinski definition) is 1. The van der Waals surface area contributed by atoms with Gasteiger partial charge in [0, 0.05) is 19.6 Å². The lowest BCUT2D eigenvalue weighted by Crippen LogP contribution is -2.53. The van der Waals surface area contributed by atoms with Gasteiger partial charge in [-0.1, -0.05) is 13.8 Å². The molecule has 5 aliphatic rings. The van der Waals surface area contributed by atoms with E-state index in [0.29, 0.717) is 6.61 Å². The fraction of sp³-hybridized carbons (Fsp3) is 1.00. The van der Waals surface area contributed by atoms with Gasteiger partial charge < -0.3 is 14.7 Å². The highest BCUT2D eigenvalue weighted by molar-refractivity contribution is 5.03. The predicted molar refractivity (Wildman–Crippen MR) is 92.2 cm³/mol. The van der Waals surface area contributed by atoms with Gasteiger partial charge in [-0.25, -0.2) is 0 Å². The van der Waals surface area contributed by atoms with Crippen LogP contribution >= 0.6 is 0 Å². The summed E-state index contributed by atoms with van der Waals surface area (Å²) in [5, 5.41) is 10.5. The maximum absolute atomic E-state index is 10.5. The van der Waals surface area contributed by atoms with E-state index in [1.165, 1.54) is 44.9 Å². The maximum atomic E-state index is 10.5. The van der Waals surface area contributed by atoms with Crippen LogP contribution in [-0.2, 0) is 4.74 Å². The molecular weight excluding hydrogens is 286 g/mol. The lowest BCUT2D eigenvalue weighted by atomic mass is 9.54. The lowest BCUT2D eigenvalue weighted by Gasteiger charge is -2.56. The number of aliphatic hydroxyl groups excluding tert-OH is 1. The Kier molecular flexibility index (Phi) is 4.49. The number of piperidine rings is 1. The number of β-amino-alcohol motifs (C(OH)–C–C–N with tert-alkyl or cyclic N) is 1. The van der Waals surface area contributed by atoms with Crippen molar-refractivity contribution in [1.29, 1.82) is 0 Å². The third-order valence-electron chi connectivity index (χ3n) is 6.98. The quantitative estimate of drug-likeness (QED) is 0.843. The van der Waals surface area contributed by atoms with Crippen LogP contribution in [0.4, 0.5) is 0 Å². The molecule has 0 aromatic carbocycles. The second kappa shape index (κ2) is 6.31. The molecule has 1 heterocycles. The zero-order chi connectivity index (χ0) is 16.0. The topological polar surface area (TPSA) is 32.7 Å². The van der Waals surface area contributed by atoms with Gasteiger partial charge in [-0.3, -0.25) is 0 Å². The fourth-order valence-corrected chi connectivity index (χ4v) is 6.77. The van der Waals surface area contributed by atoms with E-state index in [1.54, 1.807) is 0 Å². The van der Waals surface area contributed by atoms with Crippen LogP contribution in [0.25, 0.3) is 0 Å². The molecule has 4 aliphatic carbocycles. The third kappa shape index (κ3) is 3.62. The summed E-state index contributed by atoms with van der Waals surface area (Å²) in [7, 11) is 0. The van der Waals surface area contributed by atoms with Crippen molar-refractivity contribution in [2.45, 2.75) is 70.5 Å². The molecule has 132 valence electrons. The summed E-state index contributed by atoms with van der Waals surface area (Å²) in [5.74, 6) is 4.27. The largest absolute Gasteiger partial charge is 0.389 e. The minimum atomic E-state index is -0.319. The molecule has 3 heteroatoms. The van der Waals surface area contributed by atoms with Gasteiger partial charge in [0.05, 0.1) is 18.3 Å². The second-order valence-corrected chi connectivity index (χ2v) is 9.73. The molecule has 1 aliphatic heterocycles. The first-order chi connectivity index (χ1) is 11.0. The van der Waals surface area contributed by atoms with E-state index >= 15 is 0 Å². The van der Waals surface area contributed by atoms with Gasteiger partial charge in [0.25, 0.3) is 0 Å². The van der Waals surface area contributed by atoms with Gasteiger partial charge in [-0.2, -0.15) is 0 Å². The molecule has 0 unspecified atom stereocenters.